The highest BCUT2D eigenvalue weighted by Crippen LogP contribution is 1.94. The van der Waals surface area contributed by atoms with Crippen LogP contribution >= 0.6 is 0 Å². The van der Waals surface area contributed by atoms with Crippen molar-refractivity contribution in [2.24, 2.45) is 5.73 Å². The quantitative estimate of drug-likeness (QED) is 0.550. The van der Waals surface area contributed by atoms with Crippen LogP contribution in [0.15, 0.2) is 0 Å². The zero-order chi connectivity index (χ0) is 11.0. The maximum Gasteiger partial charge on any atom is 0.323 e. The predicted octanol–water partition coefficient (Wildman–Crippen LogP) is -0.392. The van der Waals surface area contributed by atoms with E-state index >= 15 is 0 Å². The highest BCUT2D eigenvalue weighted by Gasteiger charge is 2.14. The lowest BCUT2D eigenvalue weighted by Gasteiger charge is -2.09. The minimum atomic E-state index is -0.795. The first kappa shape index (κ1) is 13.1. The summed E-state index contributed by atoms with van der Waals surface area (Å²) in [7, 11) is 0. The molecule has 1 atom stereocenters. The van der Waals surface area contributed by atoms with E-state index in [0.29, 0.717) is 6.42 Å². The Morgan fingerprint density at radius 3 is 2.64 bits per heavy atom. The molecule has 14 heavy (non-hydrogen) atoms. The first-order chi connectivity index (χ1) is 6.61. The second kappa shape index (κ2) is 7.46. The normalized spacial score (nSPS) is 12.2. The largest absolute Gasteiger partial charge is 0.464 e. The fourth-order valence-corrected chi connectivity index (χ4v) is 0.806. The smallest absolute Gasteiger partial charge is 0.323 e. The first-order valence-corrected chi connectivity index (χ1v) is 4.66. The van der Waals surface area contributed by atoms with Crippen molar-refractivity contribution in [1.29, 1.82) is 0 Å². The SMILES string of the molecule is CCC(=O)CCOC(=O)[C@@H](N)CCO. The Morgan fingerprint density at radius 1 is 1.50 bits per heavy atom. The second-order valence-electron chi connectivity index (χ2n) is 2.93. The van der Waals surface area contributed by atoms with Gasteiger partial charge in [-0.05, 0) is 6.42 Å². The molecule has 0 amide bonds. The molecule has 0 aromatic rings. The molecule has 0 radical (unpaired) electrons. The van der Waals surface area contributed by atoms with E-state index in [4.69, 9.17) is 15.6 Å². The number of aliphatic hydroxyl groups is 1. The van der Waals surface area contributed by atoms with Crippen LogP contribution in [-0.4, -0.2) is 36.1 Å². The number of carbonyl (C=O) groups is 2. The van der Waals surface area contributed by atoms with Crippen molar-refractivity contribution in [1.82, 2.24) is 0 Å². The summed E-state index contributed by atoms with van der Waals surface area (Å²) in [6.45, 7) is 1.68. The number of ketones is 1. The molecule has 0 bridgehead atoms. The molecule has 0 aromatic carbocycles. The van der Waals surface area contributed by atoms with Crippen LogP contribution in [0.1, 0.15) is 26.2 Å². The third-order valence-electron chi connectivity index (χ3n) is 1.76. The van der Waals surface area contributed by atoms with Gasteiger partial charge in [0.25, 0.3) is 0 Å². The van der Waals surface area contributed by atoms with E-state index in [1.54, 1.807) is 6.92 Å². The van der Waals surface area contributed by atoms with Gasteiger partial charge in [-0.25, -0.2) is 0 Å². The number of hydrogen-bond acceptors (Lipinski definition) is 5. The molecule has 5 nitrogen and oxygen atoms in total. The molecule has 0 unspecified atom stereocenters. The molecule has 0 heterocycles. The lowest BCUT2D eigenvalue weighted by atomic mass is 10.2. The van der Waals surface area contributed by atoms with Crippen molar-refractivity contribution in [3.8, 4) is 0 Å². The van der Waals surface area contributed by atoms with E-state index in [1.165, 1.54) is 0 Å². The van der Waals surface area contributed by atoms with Crippen molar-refractivity contribution < 1.29 is 19.4 Å². The van der Waals surface area contributed by atoms with Gasteiger partial charge in [0.2, 0.25) is 0 Å². The Kier molecular flexibility index (Phi) is 6.96. The fourth-order valence-electron chi connectivity index (χ4n) is 0.806. The molecular weight excluding hydrogens is 186 g/mol. The molecule has 0 fully saturated rings. The number of carbonyl (C=O) groups excluding carboxylic acids is 2. The van der Waals surface area contributed by atoms with Gasteiger partial charge in [0, 0.05) is 19.4 Å². The number of aliphatic hydroxyl groups excluding tert-OH is 1. The van der Waals surface area contributed by atoms with Crippen LogP contribution < -0.4 is 5.73 Å². The van der Waals surface area contributed by atoms with Crippen LogP contribution in [-0.2, 0) is 14.3 Å². The molecule has 3 N–H and O–H groups in total. The van der Waals surface area contributed by atoms with E-state index in [-0.39, 0.29) is 31.8 Å². The number of esters is 1. The fraction of sp³-hybridized carbons (Fsp3) is 0.778. The Labute approximate surface area is 83.2 Å². The summed E-state index contributed by atoms with van der Waals surface area (Å²) in [5, 5.41) is 8.50. The highest BCUT2D eigenvalue weighted by atomic mass is 16.5. The van der Waals surface area contributed by atoms with Crippen LogP contribution in [0.2, 0.25) is 0 Å². The Hall–Kier alpha value is -0.940. The molecule has 5 heteroatoms. The first-order valence-electron chi connectivity index (χ1n) is 4.66. The summed E-state index contributed by atoms with van der Waals surface area (Å²) in [4.78, 5) is 21.9. The molecule has 0 aliphatic rings. The maximum absolute atomic E-state index is 11.0. The van der Waals surface area contributed by atoms with Crippen LogP contribution in [0, 0.1) is 0 Å². The summed E-state index contributed by atoms with van der Waals surface area (Å²) < 4.78 is 4.73. The zero-order valence-electron chi connectivity index (χ0n) is 8.36. The number of rotatable bonds is 7. The topological polar surface area (TPSA) is 89.6 Å². The molecule has 0 saturated carbocycles. The van der Waals surface area contributed by atoms with Gasteiger partial charge in [-0.3, -0.25) is 9.59 Å². The molecule has 0 aromatic heterocycles. The van der Waals surface area contributed by atoms with Gasteiger partial charge in [-0.1, -0.05) is 6.92 Å². The lowest BCUT2D eigenvalue weighted by Crippen LogP contribution is -2.33. The van der Waals surface area contributed by atoms with Crippen molar-refractivity contribution in [3.63, 3.8) is 0 Å². The summed E-state index contributed by atoms with van der Waals surface area (Å²) in [6, 6.07) is -0.795. The molecule has 0 saturated heterocycles. The lowest BCUT2D eigenvalue weighted by molar-refractivity contribution is -0.146. The number of ether oxygens (including phenoxy) is 1. The molecule has 0 spiro atoms. The Morgan fingerprint density at radius 2 is 2.14 bits per heavy atom. The standard InChI is InChI=1S/C9H17NO4/c1-2-7(12)4-6-14-9(13)8(10)3-5-11/h8,11H,2-6,10H2,1H3/t8-/m0/s1. The zero-order valence-corrected chi connectivity index (χ0v) is 8.36. The average molecular weight is 203 g/mol. The highest BCUT2D eigenvalue weighted by molar-refractivity contribution is 5.79. The molecule has 82 valence electrons. The van der Waals surface area contributed by atoms with E-state index in [1.807, 2.05) is 0 Å². The number of Topliss-reactive ketones (excluding diaryl/α,β-unsaturated/α-hetero) is 1. The van der Waals surface area contributed by atoms with Crippen LogP contribution in [0.25, 0.3) is 0 Å². The van der Waals surface area contributed by atoms with Gasteiger partial charge in [-0.15, -0.1) is 0 Å². The van der Waals surface area contributed by atoms with Gasteiger partial charge < -0.3 is 15.6 Å². The van der Waals surface area contributed by atoms with Crippen molar-refractivity contribution in [3.05, 3.63) is 0 Å². The summed E-state index contributed by atoms with van der Waals surface area (Å²) in [6.07, 6.45) is 0.856. The van der Waals surface area contributed by atoms with Crippen LogP contribution in [0.3, 0.4) is 0 Å². The molecular formula is C9H17NO4. The summed E-state index contributed by atoms with van der Waals surface area (Å²) in [5.74, 6) is -0.517. The van der Waals surface area contributed by atoms with Crippen LogP contribution in [0.5, 0.6) is 0 Å². The molecule has 0 aliphatic heterocycles. The minimum Gasteiger partial charge on any atom is -0.464 e. The van der Waals surface area contributed by atoms with E-state index in [9.17, 15) is 9.59 Å². The van der Waals surface area contributed by atoms with E-state index < -0.39 is 12.0 Å². The van der Waals surface area contributed by atoms with Gasteiger partial charge >= 0.3 is 5.97 Å². The van der Waals surface area contributed by atoms with E-state index in [2.05, 4.69) is 0 Å². The summed E-state index contributed by atoms with van der Waals surface area (Å²) in [5.41, 5.74) is 5.36. The van der Waals surface area contributed by atoms with Gasteiger partial charge in [-0.2, -0.15) is 0 Å². The van der Waals surface area contributed by atoms with Gasteiger partial charge in [0.15, 0.2) is 0 Å². The molecule has 0 rings (SSSR count). The number of hydrogen-bond donors (Lipinski definition) is 2. The van der Waals surface area contributed by atoms with Crippen LogP contribution in [0.4, 0.5) is 0 Å². The minimum absolute atomic E-state index is 0.0496. The Bertz CT molecular complexity index is 193. The van der Waals surface area contributed by atoms with Crippen molar-refractivity contribution in [2.45, 2.75) is 32.2 Å². The predicted molar refractivity (Wildman–Crippen MR) is 50.6 cm³/mol. The van der Waals surface area contributed by atoms with Gasteiger partial charge in [0.05, 0.1) is 6.61 Å². The molecule has 0 aliphatic carbocycles. The number of nitrogens with two attached hydrogens (primary N) is 1. The second-order valence-corrected chi connectivity index (χ2v) is 2.93. The van der Waals surface area contributed by atoms with E-state index in [0.717, 1.165) is 0 Å². The van der Waals surface area contributed by atoms with Crippen molar-refractivity contribution >= 4 is 11.8 Å². The van der Waals surface area contributed by atoms with Gasteiger partial charge in [0.1, 0.15) is 11.8 Å². The van der Waals surface area contributed by atoms with Crippen molar-refractivity contribution in [2.75, 3.05) is 13.2 Å². The third-order valence-corrected chi connectivity index (χ3v) is 1.76. The third kappa shape index (κ3) is 5.66. The summed E-state index contributed by atoms with van der Waals surface area (Å²) >= 11 is 0. The Balaban J connectivity index is 3.58. The average Bonchev–Trinajstić information content (AvgIpc) is 2.17. The monoisotopic (exact) mass is 203 g/mol. The maximum atomic E-state index is 11.0.